The van der Waals surface area contributed by atoms with Crippen LogP contribution < -0.4 is 5.32 Å². The maximum Gasteiger partial charge on any atom is 0.125 e. The number of thiazole rings is 1. The average molecular weight is 339 g/mol. The Morgan fingerprint density at radius 1 is 1.32 bits per heavy atom. The third-order valence-electron chi connectivity index (χ3n) is 2.82. The fourth-order valence-electron chi connectivity index (χ4n) is 1.98. The van der Waals surface area contributed by atoms with Crippen LogP contribution in [-0.2, 0) is 13.0 Å². The molecule has 19 heavy (non-hydrogen) atoms. The van der Waals surface area contributed by atoms with E-state index in [1.165, 1.54) is 16.1 Å². The van der Waals surface area contributed by atoms with E-state index in [1.54, 1.807) is 11.3 Å². The maximum atomic E-state index is 4.85. The molecule has 0 aliphatic heterocycles. The lowest BCUT2D eigenvalue weighted by Crippen LogP contribution is -2.07. The SMILES string of the molecule is CNCc1sc(-c2ccccc2Br)nc1CC(C)C. The second-order valence-electron chi connectivity index (χ2n) is 5.00. The molecule has 4 heteroatoms. The van der Waals surface area contributed by atoms with Gasteiger partial charge in [0.1, 0.15) is 5.01 Å². The first-order chi connectivity index (χ1) is 9.11. The Morgan fingerprint density at radius 2 is 2.05 bits per heavy atom. The summed E-state index contributed by atoms with van der Waals surface area (Å²) in [5, 5.41) is 4.34. The van der Waals surface area contributed by atoms with Gasteiger partial charge in [0.15, 0.2) is 0 Å². The lowest BCUT2D eigenvalue weighted by Gasteiger charge is -2.03. The monoisotopic (exact) mass is 338 g/mol. The summed E-state index contributed by atoms with van der Waals surface area (Å²) in [6, 6.07) is 8.27. The Balaban J connectivity index is 2.39. The molecule has 1 heterocycles. The molecular formula is C15H19BrN2S. The van der Waals surface area contributed by atoms with E-state index in [0.29, 0.717) is 5.92 Å². The molecule has 0 saturated heterocycles. The number of aromatic nitrogens is 1. The molecule has 0 spiro atoms. The van der Waals surface area contributed by atoms with Gasteiger partial charge < -0.3 is 5.32 Å². The molecule has 0 aliphatic carbocycles. The third kappa shape index (κ3) is 3.65. The van der Waals surface area contributed by atoms with Gasteiger partial charge in [-0.15, -0.1) is 11.3 Å². The Bertz CT molecular complexity index is 549. The van der Waals surface area contributed by atoms with E-state index < -0.39 is 0 Å². The fraction of sp³-hybridized carbons (Fsp3) is 0.400. The highest BCUT2D eigenvalue weighted by Gasteiger charge is 2.14. The summed E-state index contributed by atoms with van der Waals surface area (Å²) in [6.45, 7) is 5.37. The van der Waals surface area contributed by atoms with Gasteiger partial charge in [-0.2, -0.15) is 0 Å². The van der Waals surface area contributed by atoms with E-state index in [2.05, 4.69) is 53.3 Å². The highest BCUT2D eigenvalue weighted by atomic mass is 79.9. The van der Waals surface area contributed by atoms with E-state index in [0.717, 1.165) is 22.4 Å². The van der Waals surface area contributed by atoms with Crippen LogP contribution >= 0.6 is 27.3 Å². The molecule has 0 aliphatic rings. The van der Waals surface area contributed by atoms with Gasteiger partial charge in [0.2, 0.25) is 0 Å². The molecular weight excluding hydrogens is 320 g/mol. The topological polar surface area (TPSA) is 24.9 Å². The van der Waals surface area contributed by atoms with Crippen molar-refractivity contribution in [3.8, 4) is 10.6 Å². The van der Waals surface area contributed by atoms with Gasteiger partial charge in [-0.25, -0.2) is 4.98 Å². The van der Waals surface area contributed by atoms with Crippen LogP contribution in [0.4, 0.5) is 0 Å². The van der Waals surface area contributed by atoms with Crippen molar-refractivity contribution in [1.29, 1.82) is 0 Å². The molecule has 2 rings (SSSR count). The van der Waals surface area contributed by atoms with Gasteiger partial charge in [-0.1, -0.05) is 48.0 Å². The number of hydrogen-bond acceptors (Lipinski definition) is 3. The van der Waals surface area contributed by atoms with Crippen molar-refractivity contribution in [2.75, 3.05) is 7.05 Å². The highest BCUT2D eigenvalue weighted by molar-refractivity contribution is 9.10. The van der Waals surface area contributed by atoms with Gasteiger partial charge in [-0.3, -0.25) is 0 Å². The number of nitrogens with one attached hydrogen (secondary N) is 1. The van der Waals surface area contributed by atoms with Crippen molar-refractivity contribution >= 4 is 27.3 Å². The minimum absolute atomic E-state index is 0.629. The second-order valence-corrected chi connectivity index (χ2v) is 6.93. The Kier molecular flexibility index (Phi) is 5.13. The van der Waals surface area contributed by atoms with Crippen molar-refractivity contribution in [1.82, 2.24) is 10.3 Å². The molecule has 0 atom stereocenters. The van der Waals surface area contributed by atoms with Crippen LogP contribution in [-0.4, -0.2) is 12.0 Å². The largest absolute Gasteiger partial charge is 0.315 e. The fourth-order valence-corrected chi connectivity index (χ4v) is 3.72. The Morgan fingerprint density at radius 3 is 2.68 bits per heavy atom. The van der Waals surface area contributed by atoms with Crippen LogP contribution in [0.5, 0.6) is 0 Å². The molecule has 2 nitrogen and oxygen atoms in total. The number of rotatable bonds is 5. The maximum absolute atomic E-state index is 4.85. The van der Waals surface area contributed by atoms with Crippen molar-refractivity contribution in [3.05, 3.63) is 39.3 Å². The normalized spacial score (nSPS) is 11.2. The number of halogens is 1. The number of nitrogens with zero attached hydrogens (tertiary/aromatic N) is 1. The zero-order chi connectivity index (χ0) is 13.8. The van der Waals surface area contributed by atoms with E-state index >= 15 is 0 Å². The van der Waals surface area contributed by atoms with Gasteiger partial charge >= 0.3 is 0 Å². The summed E-state index contributed by atoms with van der Waals surface area (Å²) < 4.78 is 1.11. The van der Waals surface area contributed by atoms with Crippen LogP contribution in [0.25, 0.3) is 10.6 Å². The molecule has 0 unspecified atom stereocenters. The molecule has 1 N–H and O–H groups in total. The van der Waals surface area contributed by atoms with Crippen LogP contribution in [0.2, 0.25) is 0 Å². The van der Waals surface area contributed by atoms with Crippen LogP contribution in [0.15, 0.2) is 28.7 Å². The average Bonchev–Trinajstić information content (AvgIpc) is 2.72. The van der Waals surface area contributed by atoms with Gasteiger partial charge in [0.25, 0.3) is 0 Å². The predicted molar refractivity (Wildman–Crippen MR) is 86.6 cm³/mol. The van der Waals surface area contributed by atoms with Crippen molar-refractivity contribution in [2.45, 2.75) is 26.8 Å². The summed E-state index contributed by atoms with van der Waals surface area (Å²) in [4.78, 5) is 6.20. The third-order valence-corrected chi connectivity index (χ3v) is 4.64. The Hall–Kier alpha value is -0.710. The molecule has 102 valence electrons. The Labute approximate surface area is 127 Å². The molecule has 0 saturated carbocycles. The van der Waals surface area contributed by atoms with Crippen LogP contribution in [0.3, 0.4) is 0 Å². The first-order valence-corrected chi connectivity index (χ1v) is 8.10. The van der Waals surface area contributed by atoms with Gasteiger partial charge in [0, 0.05) is 21.5 Å². The zero-order valence-corrected chi connectivity index (χ0v) is 13.9. The second kappa shape index (κ2) is 6.64. The van der Waals surface area contributed by atoms with E-state index in [-0.39, 0.29) is 0 Å². The van der Waals surface area contributed by atoms with E-state index in [1.807, 2.05) is 13.1 Å². The predicted octanol–water partition coefficient (Wildman–Crippen LogP) is 4.49. The molecule has 1 aromatic carbocycles. The molecule has 0 amide bonds. The van der Waals surface area contributed by atoms with Crippen LogP contribution in [0, 0.1) is 5.92 Å². The van der Waals surface area contributed by atoms with Crippen molar-refractivity contribution in [3.63, 3.8) is 0 Å². The summed E-state index contributed by atoms with van der Waals surface area (Å²) in [5.41, 5.74) is 2.42. The summed E-state index contributed by atoms with van der Waals surface area (Å²) in [5.74, 6) is 0.629. The van der Waals surface area contributed by atoms with Crippen molar-refractivity contribution in [2.24, 2.45) is 5.92 Å². The lowest BCUT2D eigenvalue weighted by molar-refractivity contribution is 0.631. The lowest BCUT2D eigenvalue weighted by atomic mass is 10.1. The first kappa shape index (κ1) is 14.7. The van der Waals surface area contributed by atoms with E-state index in [9.17, 15) is 0 Å². The molecule has 2 aromatic rings. The smallest absolute Gasteiger partial charge is 0.125 e. The minimum Gasteiger partial charge on any atom is -0.315 e. The molecule has 1 aromatic heterocycles. The van der Waals surface area contributed by atoms with Gasteiger partial charge in [0.05, 0.1) is 5.69 Å². The minimum atomic E-state index is 0.629. The number of benzene rings is 1. The zero-order valence-electron chi connectivity index (χ0n) is 11.5. The highest BCUT2D eigenvalue weighted by Crippen LogP contribution is 2.33. The van der Waals surface area contributed by atoms with E-state index in [4.69, 9.17) is 4.98 Å². The number of hydrogen-bond donors (Lipinski definition) is 1. The molecule has 0 bridgehead atoms. The summed E-state index contributed by atoms with van der Waals surface area (Å²) in [7, 11) is 1.98. The molecule has 0 fully saturated rings. The van der Waals surface area contributed by atoms with Gasteiger partial charge in [-0.05, 0) is 25.5 Å². The summed E-state index contributed by atoms with van der Waals surface area (Å²) in [6.07, 6.45) is 1.04. The summed E-state index contributed by atoms with van der Waals surface area (Å²) >= 11 is 5.40. The van der Waals surface area contributed by atoms with Crippen LogP contribution in [0.1, 0.15) is 24.4 Å². The molecule has 0 radical (unpaired) electrons. The first-order valence-electron chi connectivity index (χ1n) is 6.50. The quantitative estimate of drug-likeness (QED) is 0.868. The van der Waals surface area contributed by atoms with Crippen molar-refractivity contribution < 1.29 is 0 Å². The standard InChI is InChI=1S/C15H19BrN2S/c1-10(2)8-13-14(9-17-3)19-15(18-13)11-6-4-5-7-12(11)16/h4-7,10,17H,8-9H2,1-3H3.